The van der Waals surface area contributed by atoms with Crippen LogP contribution in [0.3, 0.4) is 0 Å². The molecule has 1 aromatic rings. The molecule has 0 aromatic heterocycles. The number of hydrogen-bond acceptors (Lipinski definition) is 3. The molecule has 3 nitrogen and oxygen atoms in total. The third-order valence-corrected chi connectivity index (χ3v) is 4.45. The summed E-state index contributed by atoms with van der Waals surface area (Å²) in [6, 6.07) is 7.97. The van der Waals surface area contributed by atoms with E-state index in [1.54, 1.807) is 7.11 Å². The smallest absolute Gasteiger partial charge is 0.120 e. The van der Waals surface area contributed by atoms with Gasteiger partial charge in [0.2, 0.25) is 0 Å². The van der Waals surface area contributed by atoms with E-state index in [2.05, 4.69) is 5.32 Å². The second-order valence-electron chi connectivity index (χ2n) is 5.98. The molecule has 1 aromatic carbocycles. The van der Waals surface area contributed by atoms with E-state index < -0.39 is 0 Å². The Morgan fingerprint density at radius 1 is 1.05 bits per heavy atom. The fourth-order valence-electron chi connectivity index (χ4n) is 3.19. The molecule has 0 amide bonds. The molecule has 1 N–H and O–H groups in total. The molecule has 0 bridgehead atoms. The van der Waals surface area contributed by atoms with Gasteiger partial charge in [-0.15, -0.1) is 0 Å². The van der Waals surface area contributed by atoms with Crippen molar-refractivity contribution in [2.45, 2.75) is 51.0 Å². The summed E-state index contributed by atoms with van der Waals surface area (Å²) in [5, 5.41) is 3.26. The van der Waals surface area contributed by atoms with E-state index in [1.165, 1.54) is 38.5 Å². The molecule has 1 saturated carbocycles. The molecule has 0 saturated heterocycles. The molecule has 1 aliphatic carbocycles. The zero-order chi connectivity index (χ0) is 14.9. The molecule has 3 heteroatoms. The van der Waals surface area contributed by atoms with Crippen molar-refractivity contribution in [1.29, 1.82) is 0 Å². The van der Waals surface area contributed by atoms with Crippen LogP contribution in [0.4, 0.5) is 0 Å². The SMILES string of the molecule is CNCCC(Oc1ccc(OC)cc1)C1CCCCCC1. The van der Waals surface area contributed by atoms with Gasteiger partial charge in [0, 0.05) is 0 Å². The number of rotatable bonds is 7. The van der Waals surface area contributed by atoms with Crippen molar-refractivity contribution in [3.8, 4) is 11.5 Å². The Bertz CT molecular complexity index is 383. The van der Waals surface area contributed by atoms with Gasteiger partial charge in [-0.1, -0.05) is 25.7 Å². The fraction of sp³-hybridized carbons (Fsp3) is 0.667. The predicted octanol–water partition coefficient (Wildman–Crippen LogP) is 4.02. The van der Waals surface area contributed by atoms with E-state index in [0.29, 0.717) is 12.0 Å². The van der Waals surface area contributed by atoms with Crippen LogP contribution in [0.2, 0.25) is 0 Å². The highest BCUT2D eigenvalue weighted by Gasteiger charge is 2.24. The van der Waals surface area contributed by atoms with E-state index in [-0.39, 0.29) is 0 Å². The van der Waals surface area contributed by atoms with Crippen LogP contribution in [0.25, 0.3) is 0 Å². The Balaban J connectivity index is 1.99. The number of ether oxygens (including phenoxy) is 2. The van der Waals surface area contributed by atoms with Gasteiger partial charge in [0.25, 0.3) is 0 Å². The lowest BCUT2D eigenvalue weighted by atomic mass is 9.92. The number of nitrogens with one attached hydrogen (secondary N) is 1. The van der Waals surface area contributed by atoms with Crippen molar-refractivity contribution in [2.24, 2.45) is 5.92 Å². The van der Waals surface area contributed by atoms with Crippen molar-refractivity contribution in [2.75, 3.05) is 20.7 Å². The molecule has 0 spiro atoms. The predicted molar refractivity (Wildman–Crippen MR) is 87.1 cm³/mol. The first-order valence-corrected chi connectivity index (χ1v) is 8.29. The van der Waals surface area contributed by atoms with E-state index in [1.807, 2.05) is 31.3 Å². The highest BCUT2D eigenvalue weighted by atomic mass is 16.5. The van der Waals surface area contributed by atoms with Gasteiger partial charge in [0.1, 0.15) is 17.6 Å². The van der Waals surface area contributed by atoms with Crippen molar-refractivity contribution >= 4 is 0 Å². The average Bonchev–Trinajstić information content (AvgIpc) is 2.81. The first-order valence-electron chi connectivity index (χ1n) is 8.29. The van der Waals surface area contributed by atoms with Crippen molar-refractivity contribution in [1.82, 2.24) is 5.32 Å². The van der Waals surface area contributed by atoms with Crippen LogP contribution in [0.15, 0.2) is 24.3 Å². The van der Waals surface area contributed by atoms with Crippen LogP contribution in [-0.2, 0) is 0 Å². The highest BCUT2D eigenvalue weighted by Crippen LogP contribution is 2.30. The van der Waals surface area contributed by atoms with Crippen molar-refractivity contribution in [3.05, 3.63) is 24.3 Å². The lowest BCUT2D eigenvalue weighted by Crippen LogP contribution is -2.30. The minimum absolute atomic E-state index is 0.323. The topological polar surface area (TPSA) is 30.5 Å². The summed E-state index contributed by atoms with van der Waals surface area (Å²) in [5.41, 5.74) is 0. The normalized spacial score (nSPS) is 18.0. The lowest BCUT2D eigenvalue weighted by molar-refractivity contribution is 0.114. The summed E-state index contributed by atoms with van der Waals surface area (Å²) in [6.45, 7) is 1.01. The van der Waals surface area contributed by atoms with Gasteiger partial charge in [-0.3, -0.25) is 0 Å². The Morgan fingerprint density at radius 3 is 2.24 bits per heavy atom. The summed E-state index contributed by atoms with van der Waals surface area (Å²) < 4.78 is 11.5. The number of benzene rings is 1. The number of methoxy groups -OCH3 is 1. The molecule has 0 radical (unpaired) electrons. The van der Waals surface area contributed by atoms with E-state index in [4.69, 9.17) is 9.47 Å². The Hall–Kier alpha value is -1.22. The summed E-state index contributed by atoms with van der Waals surface area (Å²) >= 11 is 0. The zero-order valence-electron chi connectivity index (χ0n) is 13.4. The molecular formula is C18H29NO2. The maximum atomic E-state index is 6.32. The van der Waals surface area contributed by atoms with Gasteiger partial charge in [0.15, 0.2) is 0 Å². The van der Waals surface area contributed by atoms with Crippen LogP contribution in [-0.4, -0.2) is 26.8 Å². The molecular weight excluding hydrogens is 262 g/mol. The maximum Gasteiger partial charge on any atom is 0.120 e. The molecule has 1 atom stereocenters. The monoisotopic (exact) mass is 291 g/mol. The third kappa shape index (κ3) is 5.24. The first-order chi connectivity index (χ1) is 10.3. The molecule has 0 aliphatic heterocycles. The first kappa shape index (κ1) is 16.2. The summed E-state index contributed by atoms with van der Waals surface area (Å²) in [6.07, 6.45) is 9.50. The Labute approximate surface area is 129 Å². The molecule has 1 unspecified atom stereocenters. The third-order valence-electron chi connectivity index (χ3n) is 4.45. The van der Waals surface area contributed by atoms with Crippen LogP contribution in [0, 0.1) is 5.92 Å². The summed E-state index contributed by atoms with van der Waals surface area (Å²) in [5.74, 6) is 2.53. The summed E-state index contributed by atoms with van der Waals surface area (Å²) in [4.78, 5) is 0. The van der Waals surface area contributed by atoms with E-state index >= 15 is 0 Å². The summed E-state index contributed by atoms with van der Waals surface area (Å²) in [7, 11) is 3.70. The zero-order valence-corrected chi connectivity index (χ0v) is 13.4. The highest BCUT2D eigenvalue weighted by molar-refractivity contribution is 5.31. The van der Waals surface area contributed by atoms with Crippen molar-refractivity contribution < 1.29 is 9.47 Å². The maximum absolute atomic E-state index is 6.32. The van der Waals surface area contributed by atoms with Gasteiger partial charge in [0.05, 0.1) is 7.11 Å². The second-order valence-corrected chi connectivity index (χ2v) is 5.98. The lowest BCUT2D eigenvalue weighted by Gasteiger charge is -2.27. The Morgan fingerprint density at radius 2 is 1.67 bits per heavy atom. The van der Waals surface area contributed by atoms with Gasteiger partial charge in [-0.25, -0.2) is 0 Å². The fourth-order valence-corrected chi connectivity index (χ4v) is 3.19. The molecule has 2 rings (SSSR count). The molecule has 21 heavy (non-hydrogen) atoms. The minimum Gasteiger partial charge on any atom is -0.497 e. The van der Waals surface area contributed by atoms with Crippen molar-refractivity contribution in [3.63, 3.8) is 0 Å². The van der Waals surface area contributed by atoms with Gasteiger partial charge >= 0.3 is 0 Å². The van der Waals surface area contributed by atoms with Gasteiger partial charge < -0.3 is 14.8 Å². The Kier molecular flexibility index (Phi) is 6.87. The van der Waals surface area contributed by atoms with Gasteiger partial charge in [-0.05, 0) is 63.0 Å². The van der Waals surface area contributed by atoms with Crippen LogP contribution >= 0.6 is 0 Å². The second kappa shape index (κ2) is 8.93. The molecule has 118 valence electrons. The average molecular weight is 291 g/mol. The molecule has 0 heterocycles. The standard InChI is InChI=1S/C18H29NO2/c1-19-14-13-18(15-7-5-3-4-6-8-15)21-17-11-9-16(20-2)10-12-17/h9-12,15,18-19H,3-8,13-14H2,1-2H3. The van der Waals surface area contributed by atoms with Crippen LogP contribution in [0.1, 0.15) is 44.9 Å². The molecule has 1 aliphatic rings. The number of hydrogen-bond donors (Lipinski definition) is 1. The molecule has 1 fully saturated rings. The van der Waals surface area contributed by atoms with Gasteiger partial charge in [-0.2, -0.15) is 0 Å². The minimum atomic E-state index is 0.323. The van der Waals surface area contributed by atoms with Crippen LogP contribution in [0.5, 0.6) is 11.5 Å². The quantitative estimate of drug-likeness (QED) is 0.770. The van der Waals surface area contributed by atoms with Crippen LogP contribution < -0.4 is 14.8 Å². The van der Waals surface area contributed by atoms with E-state index in [0.717, 1.165) is 24.5 Å². The largest absolute Gasteiger partial charge is 0.497 e. The van der Waals surface area contributed by atoms with E-state index in [9.17, 15) is 0 Å².